The Bertz CT molecular complexity index is 1240. The molecule has 4 heterocycles. The predicted octanol–water partition coefficient (Wildman–Crippen LogP) is 1.01. The minimum Gasteiger partial charge on any atom is -0.408 e. The molecule has 0 amide bonds. The second-order valence-corrected chi connectivity index (χ2v) is 7.71. The number of anilines is 2. The smallest absolute Gasteiger partial charge is 0.408 e. The van der Waals surface area contributed by atoms with Crippen LogP contribution in [0.2, 0.25) is 0 Å². The Morgan fingerprint density at radius 1 is 1.23 bits per heavy atom. The zero-order valence-electron chi connectivity index (χ0n) is 17.1. The summed E-state index contributed by atoms with van der Waals surface area (Å²) in [7, 11) is 0. The first kappa shape index (κ1) is 19.3. The highest BCUT2D eigenvalue weighted by molar-refractivity contribution is 5.96. The van der Waals surface area contributed by atoms with Gasteiger partial charge < -0.3 is 31.0 Å². The van der Waals surface area contributed by atoms with Crippen LogP contribution in [-0.4, -0.2) is 42.1 Å². The summed E-state index contributed by atoms with van der Waals surface area (Å²) in [6.45, 7) is 5.63. The van der Waals surface area contributed by atoms with E-state index < -0.39 is 11.4 Å². The highest BCUT2D eigenvalue weighted by atomic mass is 16.4. The van der Waals surface area contributed by atoms with Crippen molar-refractivity contribution in [3.05, 3.63) is 64.4 Å². The lowest BCUT2D eigenvalue weighted by atomic mass is 9.92. The first-order chi connectivity index (χ1) is 15.0. The van der Waals surface area contributed by atoms with E-state index in [1.54, 1.807) is 18.5 Å². The van der Waals surface area contributed by atoms with Gasteiger partial charge in [0.1, 0.15) is 11.5 Å². The number of rotatable bonds is 3. The van der Waals surface area contributed by atoms with Gasteiger partial charge >= 0.3 is 5.76 Å². The third-order valence-electron chi connectivity index (χ3n) is 5.65. The van der Waals surface area contributed by atoms with Gasteiger partial charge in [0.15, 0.2) is 5.58 Å². The van der Waals surface area contributed by atoms with E-state index in [1.807, 2.05) is 31.2 Å². The summed E-state index contributed by atoms with van der Waals surface area (Å²) in [6.07, 6.45) is 3.52. The van der Waals surface area contributed by atoms with Crippen LogP contribution in [-0.2, 0) is 5.66 Å². The van der Waals surface area contributed by atoms with E-state index in [2.05, 4.69) is 35.8 Å². The topological polar surface area (TPSA) is 137 Å². The summed E-state index contributed by atoms with van der Waals surface area (Å²) in [5.41, 5.74) is 9.31. The maximum absolute atomic E-state index is 11.5. The molecule has 1 saturated heterocycles. The van der Waals surface area contributed by atoms with E-state index in [9.17, 15) is 4.79 Å². The molecule has 31 heavy (non-hydrogen) atoms. The Balaban J connectivity index is 1.39. The molecule has 160 valence electrons. The number of aliphatic imine (C=N–C) groups is 1. The standard InChI is InChI=1S/C21H24N8O2/c1-13-12-25-19(26-15-4-5-24-18(11-15)29-8-6-23-7-9-29)28-21(13,22)14-2-3-17-16(10-14)27-20(30)31-17/h2-5,10-12,23H,6-9,22H2,1H3,(H,27,30)(H2,24,25,26,28). The molecule has 1 aromatic carbocycles. The summed E-state index contributed by atoms with van der Waals surface area (Å²) in [4.78, 5) is 25.4. The van der Waals surface area contributed by atoms with Crippen LogP contribution < -0.4 is 32.3 Å². The van der Waals surface area contributed by atoms with Crippen LogP contribution in [0.4, 0.5) is 11.5 Å². The molecule has 0 spiro atoms. The average Bonchev–Trinajstić information content (AvgIpc) is 3.16. The van der Waals surface area contributed by atoms with Gasteiger partial charge in [0.05, 0.1) is 5.52 Å². The number of guanidine groups is 1. The summed E-state index contributed by atoms with van der Waals surface area (Å²) in [5.74, 6) is 0.943. The lowest BCUT2D eigenvalue weighted by Gasteiger charge is -2.35. The van der Waals surface area contributed by atoms with Gasteiger partial charge in [0.25, 0.3) is 0 Å². The Labute approximate surface area is 178 Å². The first-order valence-corrected chi connectivity index (χ1v) is 10.2. The number of hydrogen-bond donors (Lipinski definition) is 5. The number of nitrogens with one attached hydrogen (secondary N) is 4. The number of aromatic nitrogens is 2. The van der Waals surface area contributed by atoms with Crippen molar-refractivity contribution in [3.63, 3.8) is 0 Å². The van der Waals surface area contributed by atoms with Gasteiger partial charge in [-0.25, -0.2) is 14.8 Å². The number of benzene rings is 1. The van der Waals surface area contributed by atoms with E-state index in [0.717, 1.165) is 48.8 Å². The Hall–Kier alpha value is -3.63. The van der Waals surface area contributed by atoms with Gasteiger partial charge in [-0.3, -0.25) is 4.98 Å². The third kappa shape index (κ3) is 3.66. The first-order valence-electron chi connectivity index (χ1n) is 10.2. The second kappa shape index (κ2) is 7.56. The van der Waals surface area contributed by atoms with Crippen LogP contribution in [0.5, 0.6) is 0 Å². The van der Waals surface area contributed by atoms with Gasteiger partial charge in [-0.15, -0.1) is 0 Å². The van der Waals surface area contributed by atoms with Crippen molar-refractivity contribution in [1.29, 1.82) is 0 Å². The lowest BCUT2D eigenvalue weighted by Crippen LogP contribution is -2.57. The fourth-order valence-corrected chi connectivity index (χ4v) is 3.84. The fourth-order valence-electron chi connectivity index (χ4n) is 3.84. The lowest BCUT2D eigenvalue weighted by molar-refractivity contribution is 0.478. The molecule has 10 heteroatoms. The van der Waals surface area contributed by atoms with Crippen LogP contribution in [0.1, 0.15) is 12.5 Å². The van der Waals surface area contributed by atoms with Gasteiger partial charge in [-0.1, -0.05) is 6.07 Å². The number of H-pyrrole nitrogens is 1. The minimum absolute atomic E-state index is 0.485. The molecule has 2 aliphatic rings. The van der Waals surface area contributed by atoms with Crippen LogP contribution in [0, 0.1) is 0 Å². The summed E-state index contributed by atoms with van der Waals surface area (Å²) in [6, 6.07) is 9.26. The van der Waals surface area contributed by atoms with Crippen molar-refractivity contribution >= 4 is 28.6 Å². The van der Waals surface area contributed by atoms with E-state index in [4.69, 9.17) is 10.2 Å². The molecule has 0 saturated carbocycles. The number of fused-ring (bicyclic) bond motifs is 1. The van der Waals surface area contributed by atoms with Gasteiger partial charge in [0.2, 0.25) is 5.96 Å². The Morgan fingerprint density at radius 3 is 2.90 bits per heavy atom. The molecule has 1 unspecified atom stereocenters. The SMILES string of the molecule is CC1=CN=C(Nc2ccnc(N3CCNCC3)c2)NC1(N)c1ccc2oc(=O)[nH]c2c1. The van der Waals surface area contributed by atoms with Gasteiger partial charge in [0, 0.05) is 50.3 Å². The Kier molecular flexibility index (Phi) is 4.72. The van der Waals surface area contributed by atoms with E-state index in [1.165, 1.54) is 0 Å². The summed E-state index contributed by atoms with van der Waals surface area (Å²) >= 11 is 0. The predicted molar refractivity (Wildman–Crippen MR) is 120 cm³/mol. The molecular formula is C21H24N8O2. The van der Waals surface area contributed by atoms with Crippen molar-refractivity contribution in [1.82, 2.24) is 20.6 Å². The molecule has 10 nitrogen and oxygen atoms in total. The van der Waals surface area contributed by atoms with E-state index in [0.29, 0.717) is 17.1 Å². The molecule has 6 N–H and O–H groups in total. The summed E-state index contributed by atoms with van der Waals surface area (Å²) in [5, 5.41) is 9.95. The van der Waals surface area contributed by atoms with Gasteiger partial charge in [-0.05, 0) is 36.3 Å². The second-order valence-electron chi connectivity index (χ2n) is 7.71. The molecule has 2 aromatic heterocycles. The monoisotopic (exact) mass is 420 g/mol. The Morgan fingerprint density at radius 2 is 2.06 bits per heavy atom. The molecule has 3 aromatic rings. The number of nitrogens with two attached hydrogens (primary N) is 1. The van der Waals surface area contributed by atoms with Crippen molar-refractivity contribution in [2.75, 3.05) is 36.4 Å². The fraction of sp³-hybridized carbons (Fsp3) is 0.286. The maximum atomic E-state index is 11.5. The molecular weight excluding hydrogens is 396 g/mol. The zero-order chi connectivity index (χ0) is 21.4. The number of piperazine rings is 1. The van der Waals surface area contributed by atoms with Crippen molar-refractivity contribution in [2.24, 2.45) is 10.7 Å². The van der Waals surface area contributed by atoms with E-state index >= 15 is 0 Å². The normalized spacial score (nSPS) is 21.4. The molecule has 5 rings (SSSR count). The molecule has 2 aliphatic heterocycles. The molecule has 0 bridgehead atoms. The molecule has 0 aliphatic carbocycles. The zero-order valence-corrected chi connectivity index (χ0v) is 17.1. The highest BCUT2D eigenvalue weighted by Gasteiger charge is 2.33. The highest BCUT2D eigenvalue weighted by Crippen LogP contribution is 2.28. The largest absolute Gasteiger partial charge is 0.417 e. The maximum Gasteiger partial charge on any atom is 0.417 e. The van der Waals surface area contributed by atoms with Crippen LogP contribution in [0.3, 0.4) is 0 Å². The van der Waals surface area contributed by atoms with Crippen LogP contribution in [0.15, 0.2) is 62.5 Å². The molecule has 1 fully saturated rings. The van der Waals surface area contributed by atoms with Gasteiger partial charge in [-0.2, -0.15) is 0 Å². The van der Waals surface area contributed by atoms with E-state index in [-0.39, 0.29) is 0 Å². The molecule has 1 atom stereocenters. The van der Waals surface area contributed by atoms with Crippen LogP contribution in [0.25, 0.3) is 11.1 Å². The van der Waals surface area contributed by atoms with Crippen molar-refractivity contribution in [2.45, 2.75) is 12.6 Å². The number of oxazole rings is 1. The third-order valence-corrected chi connectivity index (χ3v) is 5.65. The number of aromatic amines is 1. The molecule has 0 radical (unpaired) electrons. The van der Waals surface area contributed by atoms with Crippen molar-refractivity contribution < 1.29 is 4.42 Å². The average molecular weight is 420 g/mol. The number of nitrogens with zero attached hydrogens (tertiary/aromatic N) is 3. The van der Waals surface area contributed by atoms with Crippen LogP contribution >= 0.6 is 0 Å². The minimum atomic E-state index is -0.999. The number of hydrogen-bond acceptors (Lipinski definition) is 9. The summed E-state index contributed by atoms with van der Waals surface area (Å²) < 4.78 is 5.09. The van der Waals surface area contributed by atoms with Crippen molar-refractivity contribution in [3.8, 4) is 0 Å². The quantitative estimate of drug-likeness (QED) is 0.424. The number of pyridine rings is 1.